The highest BCUT2D eigenvalue weighted by molar-refractivity contribution is 6.12. The molecule has 12 heteroatoms. The molecule has 3 heterocycles. The SMILES string of the molecule is Cl.O=C(Nc1cccc2nn3c(C4CCNCC4)cc(=O)[nH]c3c12)c1ccc(C(F)(F)F)cc1F. The predicted molar refractivity (Wildman–Crippen MR) is 125 cm³/mol. The van der Waals surface area contributed by atoms with Gasteiger partial charge in [-0.25, -0.2) is 8.91 Å². The van der Waals surface area contributed by atoms with Crippen LogP contribution in [0.3, 0.4) is 0 Å². The fourth-order valence-corrected chi connectivity index (χ4v) is 4.36. The summed E-state index contributed by atoms with van der Waals surface area (Å²) in [5, 5.41) is 10.9. The maximum Gasteiger partial charge on any atom is 0.416 e. The molecule has 5 rings (SSSR count). The van der Waals surface area contributed by atoms with E-state index in [2.05, 4.69) is 20.7 Å². The smallest absolute Gasteiger partial charge is 0.321 e. The van der Waals surface area contributed by atoms with E-state index in [-0.39, 0.29) is 35.6 Å². The first kappa shape index (κ1) is 24.7. The van der Waals surface area contributed by atoms with Gasteiger partial charge in [0.15, 0.2) is 0 Å². The third kappa shape index (κ3) is 4.61. The van der Waals surface area contributed by atoms with Crippen LogP contribution in [-0.4, -0.2) is 33.6 Å². The molecule has 1 aliphatic heterocycles. The van der Waals surface area contributed by atoms with Crippen molar-refractivity contribution in [1.29, 1.82) is 0 Å². The van der Waals surface area contributed by atoms with Crippen LogP contribution >= 0.6 is 12.4 Å². The van der Waals surface area contributed by atoms with Crippen molar-refractivity contribution in [3.8, 4) is 0 Å². The van der Waals surface area contributed by atoms with Gasteiger partial charge in [0.05, 0.1) is 33.4 Å². The molecule has 1 amide bonds. The number of benzene rings is 2. The quantitative estimate of drug-likeness (QED) is 0.355. The molecule has 3 N–H and O–H groups in total. The lowest BCUT2D eigenvalue weighted by atomic mass is 9.94. The number of hydrogen-bond acceptors (Lipinski definition) is 4. The van der Waals surface area contributed by atoms with Gasteiger partial charge in [-0.2, -0.15) is 18.3 Å². The Balaban J connectivity index is 0.00000289. The van der Waals surface area contributed by atoms with Crippen molar-refractivity contribution < 1.29 is 22.4 Å². The molecule has 2 aromatic carbocycles. The molecule has 1 saturated heterocycles. The van der Waals surface area contributed by atoms with Crippen molar-refractivity contribution in [3.63, 3.8) is 0 Å². The van der Waals surface area contributed by atoms with E-state index in [0.717, 1.165) is 37.7 Å². The van der Waals surface area contributed by atoms with E-state index in [1.807, 2.05) is 0 Å². The summed E-state index contributed by atoms with van der Waals surface area (Å²) in [6.07, 6.45) is -3.05. The van der Waals surface area contributed by atoms with Crippen LogP contribution in [0.15, 0.2) is 47.3 Å². The number of fused-ring (bicyclic) bond motifs is 3. The third-order valence-electron chi connectivity index (χ3n) is 6.01. The number of halogens is 5. The zero-order valence-electron chi connectivity index (χ0n) is 18.1. The van der Waals surface area contributed by atoms with Crippen LogP contribution in [0.4, 0.5) is 23.2 Å². The zero-order chi connectivity index (χ0) is 24.0. The summed E-state index contributed by atoms with van der Waals surface area (Å²) in [5.74, 6) is -2.09. The maximum atomic E-state index is 14.3. The van der Waals surface area contributed by atoms with Crippen molar-refractivity contribution in [3.05, 3.63) is 75.5 Å². The van der Waals surface area contributed by atoms with Crippen LogP contribution in [0.5, 0.6) is 0 Å². The molecule has 0 atom stereocenters. The second-order valence-electron chi connectivity index (χ2n) is 8.19. The number of H-pyrrole nitrogens is 1. The average molecular weight is 510 g/mol. The Morgan fingerprint density at radius 2 is 1.86 bits per heavy atom. The summed E-state index contributed by atoms with van der Waals surface area (Å²) in [6, 6.07) is 8.15. The second kappa shape index (κ2) is 9.31. The Bertz CT molecular complexity index is 1470. The Hall–Kier alpha value is -3.44. The number of nitrogens with zero attached hydrogens (tertiary/aromatic N) is 2. The van der Waals surface area contributed by atoms with E-state index >= 15 is 0 Å². The van der Waals surface area contributed by atoms with E-state index in [0.29, 0.717) is 22.6 Å². The van der Waals surface area contributed by atoms with Gasteiger partial charge in [-0.05, 0) is 56.3 Å². The van der Waals surface area contributed by atoms with Gasteiger partial charge < -0.3 is 15.6 Å². The van der Waals surface area contributed by atoms with Gasteiger partial charge in [0, 0.05) is 12.0 Å². The lowest BCUT2D eigenvalue weighted by Crippen LogP contribution is -2.28. The van der Waals surface area contributed by atoms with Gasteiger partial charge in [0.2, 0.25) is 0 Å². The molecule has 0 radical (unpaired) electrons. The normalized spacial score (nSPS) is 14.7. The molecule has 2 aromatic heterocycles. The van der Waals surface area contributed by atoms with Crippen LogP contribution in [0.2, 0.25) is 0 Å². The monoisotopic (exact) mass is 509 g/mol. The summed E-state index contributed by atoms with van der Waals surface area (Å²) in [4.78, 5) is 28.0. The van der Waals surface area contributed by atoms with Crippen molar-refractivity contribution in [2.24, 2.45) is 0 Å². The number of aromatic nitrogens is 3. The first-order chi connectivity index (χ1) is 16.2. The number of amides is 1. The minimum Gasteiger partial charge on any atom is -0.321 e. The van der Waals surface area contributed by atoms with Crippen LogP contribution in [0, 0.1) is 5.82 Å². The highest BCUT2D eigenvalue weighted by Gasteiger charge is 2.32. The van der Waals surface area contributed by atoms with E-state index in [4.69, 9.17) is 0 Å². The third-order valence-corrected chi connectivity index (χ3v) is 6.01. The van der Waals surface area contributed by atoms with Crippen LogP contribution < -0.4 is 16.2 Å². The lowest BCUT2D eigenvalue weighted by Gasteiger charge is -2.23. The summed E-state index contributed by atoms with van der Waals surface area (Å²) in [7, 11) is 0. The van der Waals surface area contributed by atoms with Gasteiger partial charge in [0.25, 0.3) is 11.5 Å². The van der Waals surface area contributed by atoms with Crippen molar-refractivity contribution in [2.45, 2.75) is 24.9 Å². The molecule has 0 unspecified atom stereocenters. The number of rotatable bonds is 3. The van der Waals surface area contributed by atoms with Crippen LogP contribution in [-0.2, 0) is 6.18 Å². The predicted octanol–water partition coefficient (Wildman–Crippen LogP) is 4.47. The molecule has 1 fully saturated rings. The molecule has 0 saturated carbocycles. The Morgan fingerprint density at radius 1 is 1.11 bits per heavy atom. The number of piperidine rings is 1. The minimum atomic E-state index is -4.73. The fourth-order valence-electron chi connectivity index (χ4n) is 4.36. The molecular weight excluding hydrogens is 490 g/mol. The number of hydrogen-bond donors (Lipinski definition) is 3. The van der Waals surface area contributed by atoms with E-state index in [1.165, 1.54) is 6.07 Å². The number of aromatic amines is 1. The Labute approximate surface area is 201 Å². The van der Waals surface area contributed by atoms with Gasteiger partial charge in [0.1, 0.15) is 11.5 Å². The fraction of sp³-hybridized carbons (Fsp3) is 0.261. The second-order valence-corrected chi connectivity index (χ2v) is 8.19. The highest BCUT2D eigenvalue weighted by Crippen LogP contribution is 2.32. The Kier molecular flexibility index (Phi) is 6.56. The number of nitrogens with one attached hydrogen (secondary N) is 3. The minimum absolute atomic E-state index is 0. The highest BCUT2D eigenvalue weighted by atomic mass is 35.5. The van der Waals surface area contributed by atoms with Gasteiger partial charge in [-0.3, -0.25) is 9.59 Å². The van der Waals surface area contributed by atoms with E-state index in [1.54, 1.807) is 22.7 Å². The zero-order valence-corrected chi connectivity index (χ0v) is 18.9. The number of carbonyl (C=O) groups excluding carboxylic acids is 1. The molecule has 0 aliphatic carbocycles. The molecular formula is C23H20ClF4N5O2. The first-order valence-electron chi connectivity index (χ1n) is 10.7. The molecule has 0 spiro atoms. The first-order valence-corrected chi connectivity index (χ1v) is 10.7. The summed E-state index contributed by atoms with van der Waals surface area (Å²) < 4.78 is 54.4. The Morgan fingerprint density at radius 3 is 2.54 bits per heavy atom. The molecule has 4 aromatic rings. The van der Waals surface area contributed by atoms with Crippen molar-refractivity contribution in [1.82, 2.24) is 19.9 Å². The van der Waals surface area contributed by atoms with Crippen LogP contribution in [0.25, 0.3) is 16.6 Å². The number of carbonyl (C=O) groups is 1. The lowest BCUT2D eigenvalue weighted by molar-refractivity contribution is -0.137. The topological polar surface area (TPSA) is 91.3 Å². The summed E-state index contributed by atoms with van der Waals surface area (Å²) >= 11 is 0. The molecule has 184 valence electrons. The average Bonchev–Trinajstić information content (AvgIpc) is 3.17. The number of anilines is 1. The van der Waals surface area contributed by atoms with Crippen molar-refractivity contribution >= 4 is 40.6 Å². The maximum absolute atomic E-state index is 14.3. The summed E-state index contributed by atoms with van der Waals surface area (Å²) in [5.41, 5.74) is -0.183. The van der Waals surface area contributed by atoms with E-state index in [9.17, 15) is 27.2 Å². The van der Waals surface area contributed by atoms with Crippen molar-refractivity contribution in [2.75, 3.05) is 18.4 Å². The molecule has 35 heavy (non-hydrogen) atoms. The largest absolute Gasteiger partial charge is 0.416 e. The van der Waals surface area contributed by atoms with Gasteiger partial charge in [-0.1, -0.05) is 6.07 Å². The van der Waals surface area contributed by atoms with E-state index < -0.39 is 29.0 Å². The molecule has 7 nitrogen and oxygen atoms in total. The summed E-state index contributed by atoms with van der Waals surface area (Å²) in [6.45, 7) is 1.64. The molecule has 0 bridgehead atoms. The van der Waals surface area contributed by atoms with Gasteiger partial charge in [-0.15, -0.1) is 12.4 Å². The standard InChI is InChI=1S/C23H19F4N5O2.ClH/c24-15-10-13(23(25,26)27)4-5-14(15)22(34)29-16-2-1-3-17-20(16)21-30-19(33)11-18(32(21)31-17)12-6-8-28-9-7-12;/h1-5,10-12,28H,6-9H2,(H,29,34)(H,30,33);1H. The molecule has 1 aliphatic rings. The number of alkyl halides is 3. The van der Waals surface area contributed by atoms with Crippen LogP contribution in [0.1, 0.15) is 40.4 Å². The van der Waals surface area contributed by atoms with Gasteiger partial charge >= 0.3 is 6.18 Å².